The van der Waals surface area contributed by atoms with Gasteiger partial charge in [0.15, 0.2) is 11.5 Å². The minimum absolute atomic E-state index is 0.0819. The lowest BCUT2D eigenvalue weighted by Crippen LogP contribution is -2.25. The molecule has 0 aliphatic heterocycles. The number of aryl methyl sites for hydroxylation is 1. The van der Waals surface area contributed by atoms with Crippen LogP contribution in [0.4, 0.5) is 0 Å². The van der Waals surface area contributed by atoms with Gasteiger partial charge in [0.05, 0.1) is 14.2 Å². The van der Waals surface area contributed by atoms with E-state index in [9.17, 15) is 4.79 Å². The number of nitrogens with one attached hydrogen (secondary N) is 1. The van der Waals surface area contributed by atoms with Crippen molar-refractivity contribution in [2.75, 3.05) is 20.8 Å². The number of methoxy groups -OCH3 is 2. The molecule has 0 aromatic heterocycles. The van der Waals surface area contributed by atoms with E-state index in [0.717, 1.165) is 18.4 Å². The Balaban J connectivity index is 1.75. The van der Waals surface area contributed by atoms with Gasteiger partial charge in [0.1, 0.15) is 0 Å². The van der Waals surface area contributed by atoms with Gasteiger partial charge in [-0.15, -0.1) is 0 Å². The molecule has 0 saturated heterocycles. The van der Waals surface area contributed by atoms with Crippen LogP contribution in [0.3, 0.4) is 0 Å². The highest BCUT2D eigenvalue weighted by Crippen LogP contribution is 2.27. The number of rotatable bonds is 9. The molecule has 0 saturated carbocycles. The zero-order chi connectivity index (χ0) is 18.9. The van der Waals surface area contributed by atoms with E-state index in [0.29, 0.717) is 30.4 Å². The molecule has 0 fully saturated rings. The Morgan fingerprint density at radius 1 is 0.923 bits per heavy atom. The van der Waals surface area contributed by atoms with Gasteiger partial charge in [-0.1, -0.05) is 44.2 Å². The van der Waals surface area contributed by atoms with Crippen molar-refractivity contribution in [1.82, 2.24) is 5.32 Å². The molecule has 4 heteroatoms. The van der Waals surface area contributed by atoms with Crippen LogP contribution in [0.25, 0.3) is 0 Å². The largest absolute Gasteiger partial charge is 0.493 e. The van der Waals surface area contributed by atoms with Gasteiger partial charge in [0, 0.05) is 13.0 Å². The molecule has 0 bridgehead atoms. The van der Waals surface area contributed by atoms with Crippen LogP contribution in [-0.4, -0.2) is 26.7 Å². The van der Waals surface area contributed by atoms with Gasteiger partial charge < -0.3 is 14.8 Å². The average Bonchev–Trinajstić information content (AvgIpc) is 2.66. The predicted molar refractivity (Wildman–Crippen MR) is 105 cm³/mol. The molecule has 1 N–H and O–H groups in total. The normalized spacial score (nSPS) is 10.7. The Hall–Kier alpha value is -2.49. The van der Waals surface area contributed by atoms with Gasteiger partial charge in [0.25, 0.3) is 0 Å². The molecule has 0 spiro atoms. The fraction of sp³-hybridized carbons (Fsp3) is 0.409. The van der Waals surface area contributed by atoms with Crippen LogP contribution in [0.2, 0.25) is 0 Å². The lowest BCUT2D eigenvalue weighted by atomic mass is 10.0. The summed E-state index contributed by atoms with van der Waals surface area (Å²) >= 11 is 0. The summed E-state index contributed by atoms with van der Waals surface area (Å²) < 4.78 is 10.5. The third kappa shape index (κ3) is 5.80. The van der Waals surface area contributed by atoms with Gasteiger partial charge in [-0.3, -0.25) is 4.79 Å². The van der Waals surface area contributed by atoms with Crippen molar-refractivity contribution in [3.05, 3.63) is 59.2 Å². The summed E-state index contributed by atoms with van der Waals surface area (Å²) in [6, 6.07) is 14.4. The number of carbonyl (C=O) groups is 1. The van der Waals surface area contributed by atoms with Crippen LogP contribution in [-0.2, 0) is 17.6 Å². The highest BCUT2D eigenvalue weighted by Gasteiger charge is 2.06. The fourth-order valence-corrected chi connectivity index (χ4v) is 2.80. The first kappa shape index (κ1) is 19.8. The van der Waals surface area contributed by atoms with Crippen LogP contribution < -0.4 is 14.8 Å². The number of amides is 1. The Morgan fingerprint density at radius 2 is 1.58 bits per heavy atom. The van der Waals surface area contributed by atoms with Crippen LogP contribution >= 0.6 is 0 Å². The third-order valence-electron chi connectivity index (χ3n) is 4.47. The Morgan fingerprint density at radius 3 is 2.19 bits per heavy atom. The van der Waals surface area contributed by atoms with E-state index in [1.165, 1.54) is 11.1 Å². The van der Waals surface area contributed by atoms with E-state index in [1.54, 1.807) is 14.2 Å². The Bertz CT molecular complexity index is 708. The zero-order valence-corrected chi connectivity index (χ0v) is 16.2. The van der Waals surface area contributed by atoms with Crippen molar-refractivity contribution < 1.29 is 14.3 Å². The molecule has 1 amide bonds. The summed E-state index contributed by atoms with van der Waals surface area (Å²) in [5.41, 5.74) is 3.63. The lowest BCUT2D eigenvalue weighted by molar-refractivity contribution is -0.121. The first-order valence-corrected chi connectivity index (χ1v) is 9.10. The molecule has 0 radical (unpaired) electrons. The van der Waals surface area contributed by atoms with Crippen molar-refractivity contribution in [2.45, 2.75) is 39.0 Å². The molecule has 0 heterocycles. The second-order valence-corrected chi connectivity index (χ2v) is 6.69. The van der Waals surface area contributed by atoms with Crippen molar-refractivity contribution in [2.24, 2.45) is 0 Å². The molecule has 2 aromatic rings. The van der Waals surface area contributed by atoms with Crippen LogP contribution in [0, 0.1) is 0 Å². The van der Waals surface area contributed by atoms with Gasteiger partial charge in [-0.25, -0.2) is 0 Å². The van der Waals surface area contributed by atoms with E-state index in [2.05, 4.69) is 43.4 Å². The van der Waals surface area contributed by atoms with Gasteiger partial charge in [0.2, 0.25) is 5.91 Å². The quantitative estimate of drug-likeness (QED) is 0.736. The first-order valence-electron chi connectivity index (χ1n) is 9.10. The molecule has 2 aromatic carbocycles. The minimum Gasteiger partial charge on any atom is -0.493 e. The van der Waals surface area contributed by atoms with E-state index >= 15 is 0 Å². The van der Waals surface area contributed by atoms with Crippen LogP contribution in [0.1, 0.15) is 42.9 Å². The fourth-order valence-electron chi connectivity index (χ4n) is 2.80. The number of hydrogen-bond donors (Lipinski definition) is 1. The zero-order valence-electron chi connectivity index (χ0n) is 16.2. The monoisotopic (exact) mass is 355 g/mol. The van der Waals surface area contributed by atoms with E-state index in [1.807, 2.05) is 18.2 Å². The molecule has 0 aliphatic rings. The molecule has 4 nitrogen and oxygen atoms in total. The maximum absolute atomic E-state index is 12.0. The highest BCUT2D eigenvalue weighted by molar-refractivity contribution is 5.76. The summed E-state index contributed by atoms with van der Waals surface area (Å²) in [7, 11) is 3.24. The van der Waals surface area contributed by atoms with Gasteiger partial charge in [-0.2, -0.15) is 0 Å². The molecule has 0 unspecified atom stereocenters. The molecule has 2 rings (SSSR count). The van der Waals surface area contributed by atoms with E-state index in [4.69, 9.17) is 9.47 Å². The highest BCUT2D eigenvalue weighted by atomic mass is 16.5. The SMILES string of the molecule is COc1ccc(CCNC(=O)CCc2ccc(C(C)C)cc2)cc1OC. The first-order chi connectivity index (χ1) is 12.5. The molecule has 0 aliphatic carbocycles. The Labute approximate surface area is 156 Å². The maximum Gasteiger partial charge on any atom is 0.220 e. The van der Waals surface area contributed by atoms with Crippen molar-refractivity contribution in [3.8, 4) is 11.5 Å². The Kier molecular flexibility index (Phi) is 7.52. The van der Waals surface area contributed by atoms with Gasteiger partial charge in [-0.05, 0) is 47.6 Å². The third-order valence-corrected chi connectivity index (χ3v) is 4.47. The standard InChI is InChI=1S/C22H29NO3/c1-16(2)19-9-5-17(6-10-19)8-12-22(24)23-14-13-18-7-11-20(25-3)21(15-18)26-4/h5-7,9-11,15-16H,8,12-14H2,1-4H3,(H,23,24). The molecule has 140 valence electrons. The number of ether oxygens (including phenoxy) is 2. The minimum atomic E-state index is 0.0819. The second-order valence-electron chi connectivity index (χ2n) is 6.69. The van der Waals surface area contributed by atoms with Crippen molar-refractivity contribution in [1.29, 1.82) is 0 Å². The summed E-state index contributed by atoms with van der Waals surface area (Å²) in [5, 5.41) is 2.99. The molecule has 0 atom stereocenters. The van der Waals surface area contributed by atoms with Crippen molar-refractivity contribution >= 4 is 5.91 Å². The van der Waals surface area contributed by atoms with Crippen LogP contribution in [0.5, 0.6) is 11.5 Å². The molecular formula is C22H29NO3. The summed E-state index contributed by atoms with van der Waals surface area (Å²) in [6.07, 6.45) is 2.03. The molecular weight excluding hydrogens is 326 g/mol. The van der Waals surface area contributed by atoms with Gasteiger partial charge >= 0.3 is 0 Å². The lowest BCUT2D eigenvalue weighted by Gasteiger charge is -2.10. The van der Waals surface area contributed by atoms with Crippen LogP contribution in [0.15, 0.2) is 42.5 Å². The summed E-state index contributed by atoms with van der Waals surface area (Å²) in [5.74, 6) is 2.03. The molecule has 26 heavy (non-hydrogen) atoms. The smallest absolute Gasteiger partial charge is 0.220 e. The van der Waals surface area contributed by atoms with Crippen molar-refractivity contribution in [3.63, 3.8) is 0 Å². The van der Waals surface area contributed by atoms with E-state index < -0.39 is 0 Å². The maximum atomic E-state index is 12.0. The second kappa shape index (κ2) is 9.85. The van der Waals surface area contributed by atoms with E-state index in [-0.39, 0.29) is 5.91 Å². The summed E-state index contributed by atoms with van der Waals surface area (Å²) in [6.45, 7) is 4.97. The average molecular weight is 355 g/mol. The number of carbonyl (C=O) groups excluding carboxylic acids is 1. The number of benzene rings is 2. The topological polar surface area (TPSA) is 47.6 Å². The predicted octanol–water partition coefficient (Wildman–Crippen LogP) is 4.12. The summed E-state index contributed by atoms with van der Waals surface area (Å²) in [4.78, 5) is 12.0. The number of hydrogen-bond acceptors (Lipinski definition) is 3.